The van der Waals surface area contributed by atoms with Crippen LogP contribution < -0.4 is 0 Å². The molecular formula is C35H44O7. The van der Waals surface area contributed by atoms with E-state index in [1.165, 1.54) is 6.92 Å². The van der Waals surface area contributed by atoms with Gasteiger partial charge in [0.05, 0.1) is 19.8 Å². The van der Waals surface area contributed by atoms with Gasteiger partial charge in [-0.25, -0.2) is 0 Å². The second kappa shape index (κ2) is 17.8. The molecule has 4 rings (SSSR count). The van der Waals surface area contributed by atoms with Gasteiger partial charge in [-0.15, -0.1) is 0 Å². The lowest BCUT2D eigenvalue weighted by atomic mass is 9.97. The number of carbonyl (C=O) groups is 1. The van der Waals surface area contributed by atoms with Gasteiger partial charge < -0.3 is 28.4 Å². The predicted octanol–water partition coefficient (Wildman–Crippen LogP) is 6.63. The zero-order valence-corrected chi connectivity index (χ0v) is 24.8. The highest BCUT2D eigenvalue weighted by atomic mass is 16.7. The molecule has 3 aromatic rings. The van der Waals surface area contributed by atoms with Crippen LogP contribution in [0.5, 0.6) is 0 Å². The van der Waals surface area contributed by atoms with Crippen molar-refractivity contribution in [1.29, 1.82) is 0 Å². The largest absolute Gasteiger partial charge is 0.463 e. The summed E-state index contributed by atoms with van der Waals surface area (Å²) in [4.78, 5) is 11.8. The summed E-state index contributed by atoms with van der Waals surface area (Å²) in [6, 6.07) is 30.0. The Balaban J connectivity index is 1.61. The third-order valence-electron chi connectivity index (χ3n) is 7.18. The lowest BCUT2D eigenvalue weighted by Crippen LogP contribution is -2.62. The molecular weight excluding hydrogens is 532 g/mol. The lowest BCUT2D eigenvalue weighted by Gasteiger charge is -2.45. The van der Waals surface area contributed by atoms with Gasteiger partial charge in [0.25, 0.3) is 0 Å². The van der Waals surface area contributed by atoms with Crippen molar-refractivity contribution in [3.05, 3.63) is 108 Å². The lowest BCUT2D eigenvalue weighted by molar-refractivity contribution is -0.327. The van der Waals surface area contributed by atoms with Crippen molar-refractivity contribution in [2.24, 2.45) is 0 Å². The summed E-state index contributed by atoms with van der Waals surface area (Å²) >= 11 is 0. The van der Waals surface area contributed by atoms with Gasteiger partial charge in [-0.3, -0.25) is 4.79 Å². The molecule has 1 aliphatic heterocycles. The van der Waals surface area contributed by atoms with Gasteiger partial charge >= 0.3 is 5.97 Å². The fraction of sp³-hybridized carbons (Fsp3) is 0.457. The first-order valence-electron chi connectivity index (χ1n) is 15.0. The maximum absolute atomic E-state index is 11.8. The van der Waals surface area contributed by atoms with Crippen molar-refractivity contribution in [2.75, 3.05) is 13.2 Å². The summed E-state index contributed by atoms with van der Waals surface area (Å²) < 4.78 is 38.0. The number of carbonyl (C=O) groups excluding carboxylic acids is 1. The van der Waals surface area contributed by atoms with E-state index in [0.29, 0.717) is 26.4 Å². The summed E-state index contributed by atoms with van der Waals surface area (Å²) in [5, 5.41) is 0. The molecule has 1 aliphatic rings. The first kappa shape index (κ1) is 31.9. The smallest absolute Gasteiger partial charge is 0.302 e. The summed E-state index contributed by atoms with van der Waals surface area (Å²) in [5.41, 5.74) is 3.08. The van der Waals surface area contributed by atoms with Crippen LogP contribution in [0.15, 0.2) is 91.0 Å². The Morgan fingerprint density at radius 1 is 0.643 bits per heavy atom. The van der Waals surface area contributed by atoms with E-state index in [1.54, 1.807) is 0 Å². The van der Waals surface area contributed by atoms with Crippen molar-refractivity contribution < 1.29 is 33.2 Å². The zero-order chi connectivity index (χ0) is 29.4. The third-order valence-corrected chi connectivity index (χ3v) is 7.18. The highest BCUT2D eigenvalue weighted by molar-refractivity contribution is 5.65. The van der Waals surface area contributed by atoms with Crippen LogP contribution >= 0.6 is 0 Å². The number of hydrogen-bond donors (Lipinski definition) is 0. The Kier molecular flexibility index (Phi) is 13.5. The Bertz CT molecular complexity index is 1140. The molecule has 0 aliphatic carbocycles. The molecule has 1 saturated heterocycles. The first-order valence-corrected chi connectivity index (χ1v) is 15.0. The molecule has 1 heterocycles. The molecule has 0 radical (unpaired) electrons. The van der Waals surface area contributed by atoms with E-state index in [0.717, 1.165) is 42.4 Å². The van der Waals surface area contributed by atoms with Crippen LogP contribution in [0.2, 0.25) is 0 Å². The molecule has 0 N–H and O–H groups in total. The highest BCUT2D eigenvalue weighted by Gasteiger charge is 2.49. The molecule has 0 aromatic heterocycles. The van der Waals surface area contributed by atoms with Crippen LogP contribution in [0.25, 0.3) is 0 Å². The fourth-order valence-corrected chi connectivity index (χ4v) is 4.94. The third kappa shape index (κ3) is 10.3. The average molecular weight is 577 g/mol. The molecule has 5 atom stereocenters. The van der Waals surface area contributed by atoms with Crippen LogP contribution in [-0.4, -0.2) is 49.9 Å². The second-order valence-electron chi connectivity index (χ2n) is 10.6. The Morgan fingerprint density at radius 2 is 1.14 bits per heavy atom. The van der Waals surface area contributed by atoms with Crippen LogP contribution in [0.4, 0.5) is 0 Å². The van der Waals surface area contributed by atoms with Crippen molar-refractivity contribution >= 4 is 5.97 Å². The SMILES string of the molecule is CCCCCCO[C@H]1O[C@H](COC(C)=O)[C@@H](OCc2ccccc2)[C@H](OCc2ccccc2)[C@H]1OCc1ccccc1. The first-order chi connectivity index (χ1) is 20.6. The Morgan fingerprint density at radius 3 is 1.64 bits per heavy atom. The van der Waals surface area contributed by atoms with Gasteiger partial charge in [0.15, 0.2) is 6.29 Å². The van der Waals surface area contributed by atoms with Crippen LogP contribution in [0.1, 0.15) is 56.2 Å². The van der Waals surface area contributed by atoms with E-state index in [1.807, 2.05) is 91.0 Å². The van der Waals surface area contributed by atoms with Gasteiger partial charge in [-0.2, -0.15) is 0 Å². The molecule has 0 amide bonds. The Labute approximate surface area is 250 Å². The second-order valence-corrected chi connectivity index (χ2v) is 10.6. The number of esters is 1. The molecule has 0 bridgehead atoms. The minimum absolute atomic E-state index is 0.0150. The van der Waals surface area contributed by atoms with E-state index in [9.17, 15) is 4.79 Å². The molecule has 0 saturated carbocycles. The Hall–Kier alpha value is -3.07. The number of benzene rings is 3. The molecule has 0 spiro atoms. The normalized spacial score (nSPS) is 22.1. The van der Waals surface area contributed by atoms with Gasteiger partial charge in [0.2, 0.25) is 0 Å². The van der Waals surface area contributed by atoms with Crippen LogP contribution in [0.3, 0.4) is 0 Å². The molecule has 7 nitrogen and oxygen atoms in total. The minimum Gasteiger partial charge on any atom is -0.463 e. The van der Waals surface area contributed by atoms with Gasteiger partial charge in [-0.05, 0) is 23.1 Å². The van der Waals surface area contributed by atoms with E-state index in [2.05, 4.69) is 6.92 Å². The summed E-state index contributed by atoms with van der Waals surface area (Å²) in [6.07, 6.45) is 1.20. The molecule has 42 heavy (non-hydrogen) atoms. The van der Waals surface area contributed by atoms with E-state index >= 15 is 0 Å². The molecule has 0 unspecified atom stereocenters. The minimum atomic E-state index is -0.728. The molecule has 7 heteroatoms. The predicted molar refractivity (Wildman–Crippen MR) is 160 cm³/mol. The number of rotatable bonds is 17. The van der Waals surface area contributed by atoms with Crippen LogP contribution in [-0.2, 0) is 53.0 Å². The number of unbranched alkanes of at least 4 members (excludes halogenated alkanes) is 3. The molecule has 226 valence electrons. The highest BCUT2D eigenvalue weighted by Crippen LogP contribution is 2.31. The standard InChI is InChI=1S/C35H44O7/c1-3-4-5-15-22-37-35-34(41-25-30-20-13-8-14-21-30)33(40-24-29-18-11-7-12-19-29)32(31(42-35)26-38-27(2)36)39-23-28-16-9-6-10-17-28/h6-14,16-21,31-35H,3-5,15,22-26H2,1-2H3/t31-,32-,33+,34-,35+/m1/s1. The van der Waals surface area contributed by atoms with E-state index in [4.69, 9.17) is 28.4 Å². The summed E-state index contributed by atoms with van der Waals surface area (Å²) in [5.74, 6) is -0.387. The van der Waals surface area contributed by atoms with Gasteiger partial charge in [0, 0.05) is 13.5 Å². The quantitative estimate of drug-likeness (QED) is 0.132. The zero-order valence-electron chi connectivity index (χ0n) is 24.8. The van der Waals surface area contributed by atoms with Gasteiger partial charge in [-0.1, -0.05) is 117 Å². The van der Waals surface area contributed by atoms with E-state index in [-0.39, 0.29) is 12.6 Å². The van der Waals surface area contributed by atoms with E-state index < -0.39 is 30.7 Å². The van der Waals surface area contributed by atoms with Gasteiger partial charge in [0.1, 0.15) is 31.0 Å². The topological polar surface area (TPSA) is 72.5 Å². The van der Waals surface area contributed by atoms with Crippen molar-refractivity contribution in [3.63, 3.8) is 0 Å². The molecule has 1 fully saturated rings. The number of hydrogen-bond acceptors (Lipinski definition) is 7. The van der Waals surface area contributed by atoms with Crippen molar-refractivity contribution in [1.82, 2.24) is 0 Å². The van der Waals surface area contributed by atoms with Crippen LogP contribution in [0, 0.1) is 0 Å². The summed E-state index contributed by atoms with van der Waals surface area (Å²) in [7, 11) is 0. The maximum Gasteiger partial charge on any atom is 0.302 e. The fourth-order valence-electron chi connectivity index (χ4n) is 4.94. The monoisotopic (exact) mass is 576 g/mol. The maximum atomic E-state index is 11.8. The number of ether oxygens (including phenoxy) is 6. The van der Waals surface area contributed by atoms with Crippen molar-refractivity contribution in [3.8, 4) is 0 Å². The average Bonchev–Trinajstić information content (AvgIpc) is 3.02. The summed E-state index contributed by atoms with van der Waals surface area (Å²) in [6.45, 7) is 5.16. The van der Waals surface area contributed by atoms with Crippen molar-refractivity contribution in [2.45, 2.75) is 90.1 Å². The molecule has 3 aromatic carbocycles.